The van der Waals surface area contributed by atoms with Gasteiger partial charge in [-0.05, 0) is 42.3 Å². The van der Waals surface area contributed by atoms with Crippen LogP contribution >= 0.6 is 11.6 Å². The summed E-state index contributed by atoms with van der Waals surface area (Å²) >= 11 is 5.67. The molecule has 2 amide bonds. The lowest BCUT2D eigenvalue weighted by atomic mass is 10.1. The smallest absolute Gasteiger partial charge is 0.308 e. The van der Waals surface area contributed by atoms with Crippen molar-refractivity contribution in [3.63, 3.8) is 0 Å². The van der Waals surface area contributed by atoms with Crippen molar-refractivity contribution >= 4 is 44.7 Å². The van der Waals surface area contributed by atoms with E-state index in [9.17, 15) is 17.6 Å². The summed E-state index contributed by atoms with van der Waals surface area (Å²) in [6.45, 7) is 0.373. The van der Waals surface area contributed by atoms with Gasteiger partial charge in [0, 0.05) is 12.2 Å². The third-order valence-corrected chi connectivity index (χ3v) is 5.26. The number of nitrogens with zero attached hydrogens (tertiary/aromatic N) is 1. The van der Waals surface area contributed by atoms with E-state index in [0.717, 1.165) is 11.8 Å². The summed E-state index contributed by atoms with van der Waals surface area (Å²) in [6, 6.07) is 8.61. The number of sulfonamides is 1. The number of benzene rings is 2. The van der Waals surface area contributed by atoms with Gasteiger partial charge >= 0.3 is 6.03 Å². The number of hydrogen-bond donors (Lipinski definition) is 2. The van der Waals surface area contributed by atoms with Crippen LogP contribution in [-0.4, -0.2) is 27.2 Å². The SMILES string of the molecule is CS(=O)(=O)N1CCc2cc(NC(=O)Nc3cccc(Cl)c3F)ccc21. The highest BCUT2D eigenvalue weighted by atomic mass is 35.5. The van der Waals surface area contributed by atoms with Gasteiger partial charge in [-0.25, -0.2) is 17.6 Å². The maximum absolute atomic E-state index is 13.8. The molecule has 0 radical (unpaired) electrons. The van der Waals surface area contributed by atoms with Crippen LogP contribution in [0.4, 0.5) is 26.2 Å². The number of carbonyl (C=O) groups excluding carboxylic acids is 1. The highest BCUT2D eigenvalue weighted by Crippen LogP contribution is 2.32. The van der Waals surface area contributed by atoms with Crippen LogP contribution in [0.25, 0.3) is 0 Å². The highest BCUT2D eigenvalue weighted by Gasteiger charge is 2.26. The van der Waals surface area contributed by atoms with Crippen LogP contribution < -0.4 is 14.9 Å². The molecular formula is C16H15ClFN3O3S. The lowest BCUT2D eigenvalue weighted by molar-refractivity contribution is 0.262. The third-order valence-electron chi connectivity index (χ3n) is 3.79. The molecule has 0 saturated carbocycles. The standard InChI is InChI=1S/C16H15ClFN3O3S/c1-25(23,24)21-8-7-10-9-11(5-6-14(10)21)19-16(22)20-13-4-2-3-12(17)15(13)18/h2-6,9H,7-8H2,1H3,(H2,19,20,22). The predicted octanol–water partition coefficient (Wildman–Crippen LogP) is 3.45. The first-order valence-electron chi connectivity index (χ1n) is 7.38. The van der Waals surface area contributed by atoms with Gasteiger partial charge in [0.1, 0.15) is 0 Å². The van der Waals surface area contributed by atoms with Crippen LogP contribution in [0.2, 0.25) is 5.02 Å². The van der Waals surface area contributed by atoms with Gasteiger partial charge in [-0.15, -0.1) is 0 Å². The summed E-state index contributed by atoms with van der Waals surface area (Å²) in [5, 5.41) is 4.89. The minimum atomic E-state index is -3.32. The molecular weight excluding hydrogens is 369 g/mol. The topological polar surface area (TPSA) is 78.5 Å². The maximum Gasteiger partial charge on any atom is 0.323 e. The Morgan fingerprint density at radius 3 is 2.72 bits per heavy atom. The minimum absolute atomic E-state index is 0.0330. The van der Waals surface area contributed by atoms with Crippen molar-refractivity contribution < 1.29 is 17.6 Å². The molecule has 0 spiro atoms. The Hall–Kier alpha value is -2.32. The van der Waals surface area contributed by atoms with Gasteiger partial charge in [0.2, 0.25) is 10.0 Å². The Kier molecular flexibility index (Phi) is 4.57. The molecule has 1 heterocycles. The monoisotopic (exact) mass is 383 g/mol. The molecule has 0 fully saturated rings. The van der Waals surface area contributed by atoms with Gasteiger partial charge in [0.05, 0.1) is 22.7 Å². The molecule has 1 aliphatic heterocycles. The molecule has 0 bridgehead atoms. The number of rotatable bonds is 3. The zero-order chi connectivity index (χ0) is 18.2. The van der Waals surface area contributed by atoms with Gasteiger partial charge in [0.15, 0.2) is 5.82 Å². The van der Waals surface area contributed by atoms with Crippen molar-refractivity contribution in [2.75, 3.05) is 27.7 Å². The molecule has 0 unspecified atom stereocenters. The number of amides is 2. The van der Waals surface area contributed by atoms with E-state index in [2.05, 4.69) is 10.6 Å². The fourth-order valence-corrected chi connectivity index (χ4v) is 3.81. The lowest BCUT2D eigenvalue weighted by Gasteiger charge is -2.16. The van der Waals surface area contributed by atoms with E-state index in [0.29, 0.717) is 24.3 Å². The van der Waals surface area contributed by atoms with Crippen LogP contribution in [0.5, 0.6) is 0 Å². The van der Waals surface area contributed by atoms with E-state index >= 15 is 0 Å². The maximum atomic E-state index is 13.8. The first-order chi connectivity index (χ1) is 11.8. The van der Waals surface area contributed by atoms with Crippen molar-refractivity contribution in [3.8, 4) is 0 Å². The first-order valence-corrected chi connectivity index (χ1v) is 9.61. The van der Waals surface area contributed by atoms with Crippen molar-refractivity contribution in [1.82, 2.24) is 0 Å². The number of halogens is 2. The van der Waals surface area contributed by atoms with Crippen LogP contribution in [0.1, 0.15) is 5.56 Å². The Bertz CT molecular complexity index is 950. The summed E-state index contributed by atoms with van der Waals surface area (Å²) in [5.41, 5.74) is 1.87. The lowest BCUT2D eigenvalue weighted by Crippen LogP contribution is -2.27. The molecule has 25 heavy (non-hydrogen) atoms. The summed E-state index contributed by atoms with van der Waals surface area (Å²) in [7, 11) is -3.32. The Balaban J connectivity index is 1.74. The molecule has 2 aromatic carbocycles. The van der Waals surface area contributed by atoms with Gasteiger partial charge in [-0.3, -0.25) is 4.31 Å². The highest BCUT2D eigenvalue weighted by molar-refractivity contribution is 7.92. The molecule has 1 aliphatic rings. The summed E-state index contributed by atoms with van der Waals surface area (Å²) in [6.07, 6.45) is 1.71. The molecule has 0 aromatic heterocycles. The second kappa shape index (κ2) is 6.53. The predicted molar refractivity (Wildman–Crippen MR) is 96.4 cm³/mol. The molecule has 3 rings (SSSR count). The number of hydrogen-bond acceptors (Lipinski definition) is 3. The van der Waals surface area contributed by atoms with E-state index in [-0.39, 0.29) is 10.7 Å². The van der Waals surface area contributed by atoms with Gasteiger partial charge in [-0.1, -0.05) is 17.7 Å². The van der Waals surface area contributed by atoms with Crippen LogP contribution in [0, 0.1) is 5.82 Å². The molecule has 2 aromatic rings. The van der Waals surface area contributed by atoms with Crippen molar-refractivity contribution in [1.29, 1.82) is 0 Å². The fourth-order valence-electron chi connectivity index (χ4n) is 2.68. The summed E-state index contributed by atoms with van der Waals surface area (Å²) < 4.78 is 38.6. The zero-order valence-corrected chi connectivity index (χ0v) is 14.8. The van der Waals surface area contributed by atoms with Crippen LogP contribution in [0.3, 0.4) is 0 Å². The molecule has 6 nitrogen and oxygen atoms in total. The van der Waals surface area contributed by atoms with Gasteiger partial charge < -0.3 is 10.6 Å². The second-order valence-corrected chi connectivity index (χ2v) is 7.92. The fraction of sp³-hybridized carbons (Fsp3) is 0.188. The second-order valence-electron chi connectivity index (χ2n) is 5.61. The molecule has 132 valence electrons. The number of urea groups is 1. The number of nitrogens with one attached hydrogen (secondary N) is 2. The molecule has 0 aliphatic carbocycles. The normalized spacial score (nSPS) is 13.5. The first kappa shape index (κ1) is 17.5. The number of fused-ring (bicyclic) bond motifs is 1. The third kappa shape index (κ3) is 3.69. The van der Waals surface area contributed by atoms with E-state index < -0.39 is 21.9 Å². The Morgan fingerprint density at radius 2 is 2.00 bits per heavy atom. The quantitative estimate of drug-likeness (QED) is 0.852. The summed E-state index contributed by atoms with van der Waals surface area (Å²) in [4.78, 5) is 12.0. The van der Waals surface area contributed by atoms with Crippen LogP contribution in [0.15, 0.2) is 36.4 Å². The van der Waals surface area contributed by atoms with Crippen molar-refractivity contribution in [2.24, 2.45) is 0 Å². The minimum Gasteiger partial charge on any atom is -0.308 e. The van der Waals surface area contributed by atoms with Crippen LogP contribution in [-0.2, 0) is 16.4 Å². The van der Waals surface area contributed by atoms with Gasteiger partial charge in [0.25, 0.3) is 0 Å². The van der Waals surface area contributed by atoms with E-state index in [1.165, 1.54) is 22.5 Å². The van der Waals surface area contributed by atoms with E-state index in [1.54, 1.807) is 18.2 Å². The summed E-state index contributed by atoms with van der Waals surface area (Å²) in [5.74, 6) is -0.711. The van der Waals surface area contributed by atoms with E-state index in [4.69, 9.17) is 11.6 Å². The van der Waals surface area contributed by atoms with Crippen molar-refractivity contribution in [3.05, 3.63) is 52.8 Å². The van der Waals surface area contributed by atoms with E-state index in [1.807, 2.05) is 0 Å². The number of anilines is 3. The molecule has 9 heteroatoms. The number of carbonyl (C=O) groups is 1. The molecule has 0 saturated heterocycles. The van der Waals surface area contributed by atoms with Crippen molar-refractivity contribution in [2.45, 2.75) is 6.42 Å². The molecule has 2 N–H and O–H groups in total. The Labute approximate surface area is 149 Å². The zero-order valence-electron chi connectivity index (χ0n) is 13.2. The Morgan fingerprint density at radius 1 is 1.24 bits per heavy atom. The van der Waals surface area contributed by atoms with Gasteiger partial charge in [-0.2, -0.15) is 0 Å². The average molecular weight is 384 g/mol. The largest absolute Gasteiger partial charge is 0.323 e. The average Bonchev–Trinajstić information content (AvgIpc) is 2.95. The molecule has 0 atom stereocenters.